The Bertz CT molecular complexity index is 434. The minimum Gasteiger partial charge on any atom is -0.380 e. The highest BCUT2D eigenvalue weighted by Gasteiger charge is 2.19. The number of rotatable bonds is 3. The van der Waals surface area contributed by atoms with Gasteiger partial charge in [-0.3, -0.25) is 4.79 Å². The molecule has 2 rings (SSSR count). The van der Waals surface area contributed by atoms with E-state index in [2.05, 4.69) is 4.98 Å². The fraction of sp³-hybridized carbons (Fsp3) is 0.0833. The third-order valence-corrected chi connectivity index (χ3v) is 2.23. The van der Waals surface area contributed by atoms with Gasteiger partial charge in [-0.25, -0.2) is 0 Å². The standard InChI is InChI=1S/C12H11NO2/c14-11(9-5-2-1-3-6-9)12(15)10-7-4-8-13-10/h1-8,11,13-14H/t11-/m1/s1. The molecule has 0 fully saturated rings. The zero-order valence-corrected chi connectivity index (χ0v) is 8.05. The lowest BCUT2D eigenvalue weighted by Crippen LogP contribution is -2.12. The maximum Gasteiger partial charge on any atom is 0.211 e. The highest BCUT2D eigenvalue weighted by atomic mass is 16.3. The molecule has 0 aliphatic carbocycles. The van der Waals surface area contributed by atoms with Crippen molar-refractivity contribution in [2.75, 3.05) is 0 Å². The van der Waals surface area contributed by atoms with Gasteiger partial charge in [-0.2, -0.15) is 0 Å². The first kappa shape index (κ1) is 9.68. The molecule has 1 atom stereocenters. The molecule has 3 heteroatoms. The van der Waals surface area contributed by atoms with E-state index in [9.17, 15) is 9.90 Å². The maximum atomic E-state index is 11.7. The molecule has 1 heterocycles. The first-order valence-corrected chi connectivity index (χ1v) is 4.69. The van der Waals surface area contributed by atoms with Gasteiger partial charge in [0, 0.05) is 6.20 Å². The van der Waals surface area contributed by atoms with Crippen LogP contribution >= 0.6 is 0 Å². The van der Waals surface area contributed by atoms with Gasteiger partial charge in [0.25, 0.3) is 0 Å². The van der Waals surface area contributed by atoms with E-state index in [-0.39, 0.29) is 5.78 Å². The number of Topliss-reactive ketones (excluding diaryl/α,β-unsaturated/α-hetero) is 1. The summed E-state index contributed by atoms with van der Waals surface area (Å²) in [6.45, 7) is 0. The van der Waals surface area contributed by atoms with E-state index in [1.54, 1.807) is 42.6 Å². The van der Waals surface area contributed by atoms with Crippen molar-refractivity contribution in [2.45, 2.75) is 6.10 Å². The molecular formula is C12H11NO2. The predicted molar refractivity (Wildman–Crippen MR) is 56.5 cm³/mol. The van der Waals surface area contributed by atoms with Crippen molar-refractivity contribution in [2.24, 2.45) is 0 Å². The van der Waals surface area contributed by atoms with Crippen LogP contribution in [0, 0.1) is 0 Å². The van der Waals surface area contributed by atoms with Crippen LogP contribution in [0.4, 0.5) is 0 Å². The van der Waals surface area contributed by atoms with Gasteiger partial charge >= 0.3 is 0 Å². The topological polar surface area (TPSA) is 53.1 Å². The summed E-state index contributed by atoms with van der Waals surface area (Å²) in [4.78, 5) is 14.5. The van der Waals surface area contributed by atoms with E-state index >= 15 is 0 Å². The molecular weight excluding hydrogens is 190 g/mol. The number of aromatic nitrogens is 1. The van der Waals surface area contributed by atoms with Gasteiger partial charge in [-0.1, -0.05) is 30.3 Å². The molecule has 0 aliphatic heterocycles. The monoisotopic (exact) mass is 201 g/mol. The molecule has 0 radical (unpaired) electrons. The molecule has 76 valence electrons. The number of hydrogen-bond acceptors (Lipinski definition) is 2. The molecule has 0 saturated heterocycles. The maximum absolute atomic E-state index is 11.7. The van der Waals surface area contributed by atoms with Crippen LogP contribution in [0.3, 0.4) is 0 Å². The van der Waals surface area contributed by atoms with Crippen molar-refractivity contribution in [1.82, 2.24) is 4.98 Å². The summed E-state index contributed by atoms with van der Waals surface area (Å²) in [6, 6.07) is 12.3. The van der Waals surface area contributed by atoms with Gasteiger partial charge in [0.1, 0.15) is 6.10 Å². The van der Waals surface area contributed by atoms with E-state index in [1.807, 2.05) is 6.07 Å². The van der Waals surface area contributed by atoms with Crippen LogP contribution in [0.15, 0.2) is 48.7 Å². The van der Waals surface area contributed by atoms with Crippen LogP contribution in [-0.4, -0.2) is 15.9 Å². The third-order valence-electron chi connectivity index (χ3n) is 2.23. The average Bonchev–Trinajstić information content (AvgIpc) is 2.82. The van der Waals surface area contributed by atoms with Crippen LogP contribution in [0.1, 0.15) is 22.2 Å². The molecule has 0 unspecified atom stereocenters. The molecule has 1 aromatic heterocycles. The van der Waals surface area contributed by atoms with Gasteiger partial charge in [-0.05, 0) is 17.7 Å². The van der Waals surface area contributed by atoms with Crippen LogP contribution in [-0.2, 0) is 0 Å². The summed E-state index contributed by atoms with van der Waals surface area (Å²) in [5.74, 6) is -0.314. The van der Waals surface area contributed by atoms with E-state index in [0.717, 1.165) is 0 Å². The van der Waals surface area contributed by atoms with E-state index < -0.39 is 6.10 Å². The second-order valence-electron chi connectivity index (χ2n) is 3.26. The quantitative estimate of drug-likeness (QED) is 0.745. The van der Waals surface area contributed by atoms with E-state index in [1.165, 1.54) is 0 Å². The molecule has 0 amide bonds. The number of carbonyl (C=O) groups excluding carboxylic acids is 1. The number of hydrogen-bond donors (Lipinski definition) is 2. The molecule has 15 heavy (non-hydrogen) atoms. The third kappa shape index (κ3) is 1.97. The van der Waals surface area contributed by atoms with Crippen molar-refractivity contribution in [1.29, 1.82) is 0 Å². The number of carbonyl (C=O) groups is 1. The molecule has 3 nitrogen and oxygen atoms in total. The smallest absolute Gasteiger partial charge is 0.211 e. The summed E-state index contributed by atoms with van der Waals surface area (Å²) in [7, 11) is 0. The van der Waals surface area contributed by atoms with Crippen LogP contribution < -0.4 is 0 Å². The molecule has 2 N–H and O–H groups in total. The Kier molecular flexibility index (Phi) is 2.65. The van der Waals surface area contributed by atoms with Crippen LogP contribution in [0.25, 0.3) is 0 Å². The lowest BCUT2D eigenvalue weighted by molar-refractivity contribution is 0.0742. The zero-order chi connectivity index (χ0) is 10.7. The highest BCUT2D eigenvalue weighted by Crippen LogP contribution is 2.16. The average molecular weight is 201 g/mol. The number of aliphatic hydroxyl groups is 1. The Morgan fingerprint density at radius 3 is 2.47 bits per heavy atom. The van der Waals surface area contributed by atoms with Gasteiger partial charge in [0.2, 0.25) is 5.78 Å². The Hall–Kier alpha value is -1.87. The van der Waals surface area contributed by atoms with Crippen molar-refractivity contribution in [3.05, 3.63) is 59.9 Å². The van der Waals surface area contributed by atoms with Gasteiger partial charge in [0.05, 0.1) is 5.69 Å². The highest BCUT2D eigenvalue weighted by molar-refractivity contribution is 5.98. The largest absolute Gasteiger partial charge is 0.380 e. The number of ketones is 1. The van der Waals surface area contributed by atoms with Crippen LogP contribution in [0.2, 0.25) is 0 Å². The van der Waals surface area contributed by atoms with Crippen molar-refractivity contribution in [3.8, 4) is 0 Å². The van der Waals surface area contributed by atoms with E-state index in [4.69, 9.17) is 0 Å². The number of H-pyrrole nitrogens is 1. The Balaban J connectivity index is 2.23. The van der Waals surface area contributed by atoms with Gasteiger partial charge < -0.3 is 10.1 Å². The van der Waals surface area contributed by atoms with Crippen molar-refractivity contribution in [3.63, 3.8) is 0 Å². The molecule has 0 saturated carbocycles. The fourth-order valence-electron chi connectivity index (χ4n) is 1.42. The Morgan fingerprint density at radius 1 is 1.13 bits per heavy atom. The summed E-state index contributed by atoms with van der Waals surface area (Å²) < 4.78 is 0. The van der Waals surface area contributed by atoms with Crippen molar-refractivity contribution >= 4 is 5.78 Å². The van der Waals surface area contributed by atoms with Gasteiger partial charge in [0.15, 0.2) is 0 Å². The summed E-state index contributed by atoms with van der Waals surface area (Å²) in [6.07, 6.45) is 0.565. The molecule has 1 aromatic carbocycles. The van der Waals surface area contributed by atoms with Crippen LogP contribution in [0.5, 0.6) is 0 Å². The fourth-order valence-corrected chi connectivity index (χ4v) is 1.42. The van der Waals surface area contributed by atoms with Gasteiger partial charge in [-0.15, -0.1) is 0 Å². The number of benzene rings is 1. The summed E-state index contributed by atoms with van der Waals surface area (Å²) in [5, 5.41) is 9.79. The SMILES string of the molecule is O=C(c1ccc[nH]1)[C@H](O)c1ccccc1. The van der Waals surface area contributed by atoms with E-state index in [0.29, 0.717) is 11.3 Å². The first-order valence-electron chi connectivity index (χ1n) is 4.69. The lowest BCUT2D eigenvalue weighted by Gasteiger charge is -2.08. The molecule has 2 aromatic rings. The minimum absolute atomic E-state index is 0.314. The molecule has 0 aliphatic rings. The number of aromatic amines is 1. The number of nitrogens with one attached hydrogen (secondary N) is 1. The Labute approximate surface area is 87.4 Å². The summed E-state index contributed by atoms with van der Waals surface area (Å²) in [5.41, 5.74) is 1.03. The predicted octanol–water partition coefficient (Wildman–Crippen LogP) is 1.93. The summed E-state index contributed by atoms with van der Waals surface area (Å²) >= 11 is 0. The molecule has 0 bridgehead atoms. The first-order chi connectivity index (χ1) is 7.29. The Morgan fingerprint density at radius 2 is 1.87 bits per heavy atom. The minimum atomic E-state index is -1.09. The lowest BCUT2D eigenvalue weighted by atomic mass is 10.0. The molecule has 0 spiro atoms. The normalized spacial score (nSPS) is 12.3. The van der Waals surface area contributed by atoms with Crippen molar-refractivity contribution < 1.29 is 9.90 Å². The second-order valence-corrected chi connectivity index (χ2v) is 3.26. The second kappa shape index (κ2) is 4.11. The number of aliphatic hydroxyl groups excluding tert-OH is 1. The zero-order valence-electron chi connectivity index (χ0n) is 8.05.